The zero-order valence-corrected chi connectivity index (χ0v) is 17.0. The summed E-state index contributed by atoms with van der Waals surface area (Å²) in [7, 11) is 3.05. The molecule has 0 amide bonds. The van der Waals surface area contributed by atoms with E-state index in [1.54, 1.807) is 7.05 Å². The molecule has 0 unspecified atom stereocenters. The van der Waals surface area contributed by atoms with Crippen LogP contribution < -0.4 is 11.2 Å². The molecule has 0 bridgehead atoms. The van der Waals surface area contributed by atoms with Crippen LogP contribution in [0, 0.1) is 0 Å². The van der Waals surface area contributed by atoms with Crippen molar-refractivity contribution < 1.29 is 0 Å². The maximum Gasteiger partial charge on any atom is 0.332 e. The summed E-state index contributed by atoms with van der Waals surface area (Å²) >= 11 is 3.44. The Hall–Kier alpha value is -3.06. The van der Waals surface area contributed by atoms with E-state index in [0.717, 1.165) is 31.6 Å². The lowest BCUT2D eigenvalue weighted by Gasteiger charge is -2.09. The van der Waals surface area contributed by atoms with E-state index in [9.17, 15) is 9.59 Å². The van der Waals surface area contributed by atoms with E-state index in [-0.39, 0.29) is 11.5 Å². The van der Waals surface area contributed by atoms with Crippen molar-refractivity contribution in [1.82, 2.24) is 9.13 Å². The number of hydrogen-bond donors (Lipinski definition) is 0. The Balaban J connectivity index is 2.03. The van der Waals surface area contributed by atoms with Crippen LogP contribution in [0.2, 0.25) is 0 Å². The van der Waals surface area contributed by atoms with Gasteiger partial charge in [-0.15, -0.1) is 0 Å². The minimum absolute atomic E-state index is 0.176. The quantitative estimate of drug-likeness (QED) is 0.616. The van der Waals surface area contributed by atoms with E-state index in [2.05, 4.69) is 20.9 Å². The highest BCUT2D eigenvalue weighted by molar-refractivity contribution is 9.10. The molecule has 140 valence electrons. The van der Waals surface area contributed by atoms with Crippen LogP contribution in [0.25, 0.3) is 0 Å². The van der Waals surface area contributed by atoms with Crippen LogP contribution in [0.1, 0.15) is 17.5 Å². The molecule has 7 heteroatoms. The highest BCUT2D eigenvalue weighted by Crippen LogP contribution is 2.29. The summed E-state index contributed by atoms with van der Waals surface area (Å²) in [4.78, 5) is 34.6. The number of hydrogen-bond acceptors (Lipinski definition) is 4. The summed E-state index contributed by atoms with van der Waals surface area (Å²) < 4.78 is 3.39. The Morgan fingerprint density at radius 1 is 0.821 bits per heavy atom. The van der Waals surface area contributed by atoms with Gasteiger partial charge in [0.2, 0.25) is 0 Å². The molecule has 1 aliphatic rings. The summed E-state index contributed by atoms with van der Waals surface area (Å²) in [6.45, 7) is 0. The molecule has 1 aromatic heterocycles. The van der Waals surface area contributed by atoms with Gasteiger partial charge in [-0.2, -0.15) is 0 Å². The topological polar surface area (TPSA) is 68.7 Å². The fraction of sp³-hybridized carbons (Fsp3) is 0.143. The lowest BCUT2D eigenvalue weighted by atomic mass is 10.00. The van der Waals surface area contributed by atoms with Crippen LogP contribution >= 0.6 is 15.9 Å². The molecule has 0 atom stereocenters. The van der Waals surface area contributed by atoms with Crippen molar-refractivity contribution in [3.63, 3.8) is 0 Å². The van der Waals surface area contributed by atoms with Crippen molar-refractivity contribution in [2.75, 3.05) is 0 Å². The Kier molecular flexibility index (Phi) is 4.68. The largest absolute Gasteiger partial charge is 0.332 e. The molecule has 0 saturated carbocycles. The molecule has 4 rings (SSSR count). The normalized spacial score (nSPS) is 13.4. The molecule has 0 saturated heterocycles. The first-order valence-electron chi connectivity index (χ1n) is 8.72. The first-order chi connectivity index (χ1) is 13.5. The van der Waals surface area contributed by atoms with Crippen molar-refractivity contribution in [2.24, 2.45) is 24.1 Å². The van der Waals surface area contributed by atoms with E-state index in [0.29, 0.717) is 6.42 Å². The summed E-state index contributed by atoms with van der Waals surface area (Å²) in [6, 6.07) is 17.5. The minimum atomic E-state index is -0.452. The summed E-state index contributed by atoms with van der Waals surface area (Å²) in [5.41, 5.74) is 2.60. The number of fused-ring (bicyclic) bond motifs is 1. The van der Waals surface area contributed by atoms with E-state index in [1.165, 1.54) is 11.6 Å². The fourth-order valence-electron chi connectivity index (χ4n) is 3.15. The van der Waals surface area contributed by atoms with Crippen LogP contribution in [0.4, 0.5) is 11.5 Å². The molecule has 1 aliphatic heterocycles. The zero-order chi connectivity index (χ0) is 19.8. The first-order valence-corrected chi connectivity index (χ1v) is 9.51. The average molecular weight is 437 g/mol. The van der Waals surface area contributed by atoms with E-state index in [1.807, 2.05) is 54.6 Å². The van der Waals surface area contributed by atoms with Gasteiger partial charge in [0.1, 0.15) is 0 Å². The summed E-state index contributed by atoms with van der Waals surface area (Å²) in [5, 5.41) is 0. The SMILES string of the molecule is Cn1c2c(c(=O)n(C)c1=O)N=C(c1ccccc1)CC(c1ccc(Br)cc1)=N2. The van der Waals surface area contributed by atoms with E-state index >= 15 is 0 Å². The number of benzene rings is 2. The lowest BCUT2D eigenvalue weighted by molar-refractivity contribution is 0.691. The average Bonchev–Trinajstić information content (AvgIpc) is 2.92. The predicted octanol–water partition coefficient (Wildman–Crippen LogP) is 3.49. The smallest absolute Gasteiger partial charge is 0.279 e. The Labute approximate surface area is 169 Å². The Bertz CT molecular complexity index is 1240. The van der Waals surface area contributed by atoms with E-state index in [4.69, 9.17) is 4.99 Å². The molecule has 0 N–H and O–H groups in total. The van der Waals surface area contributed by atoms with Gasteiger partial charge in [0.25, 0.3) is 5.56 Å². The second kappa shape index (κ2) is 7.16. The molecular weight excluding hydrogens is 420 g/mol. The van der Waals surface area contributed by atoms with Crippen molar-refractivity contribution in [3.05, 3.63) is 91.0 Å². The van der Waals surface area contributed by atoms with Crippen LogP contribution in [-0.2, 0) is 14.1 Å². The van der Waals surface area contributed by atoms with Crippen LogP contribution in [0.5, 0.6) is 0 Å². The molecule has 2 heterocycles. The van der Waals surface area contributed by atoms with Gasteiger partial charge in [-0.25, -0.2) is 14.8 Å². The molecule has 6 nitrogen and oxygen atoms in total. The van der Waals surface area contributed by atoms with Gasteiger partial charge in [-0.05, 0) is 23.3 Å². The van der Waals surface area contributed by atoms with Gasteiger partial charge in [0.05, 0.1) is 11.4 Å². The van der Waals surface area contributed by atoms with Gasteiger partial charge >= 0.3 is 5.69 Å². The number of nitrogens with zero attached hydrogens (tertiary/aromatic N) is 4. The molecule has 28 heavy (non-hydrogen) atoms. The number of halogens is 1. The molecule has 0 aliphatic carbocycles. The summed E-state index contributed by atoms with van der Waals surface area (Å²) in [6.07, 6.45) is 0.442. The zero-order valence-electron chi connectivity index (χ0n) is 15.4. The third kappa shape index (κ3) is 3.18. The highest BCUT2D eigenvalue weighted by atomic mass is 79.9. The molecule has 3 aromatic rings. The molecule has 0 spiro atoms. The van der Waals surface area contributed by atoms with Gasteiger partial charge in [-0.3, -0.25) is 13.9 Å². The molecule has 0 fully saturated rings. The van der Waals surface area contributed by atoms with Crippen LogP contribution in [-0.4, -0.2) is 20.6 Å². The maximum atomic E-state index is 12.8. The van der Waals surface area contributed by atoms with Gasteiger partial charge in [0.15, 0.2) is 11.5 Å². The fourth-order valence-corrected chi connectivity index (χ4v) is 3.41. The van der Waals surface area contributed by atoms with E-state index < -0.39 is 11.2 Å². The lowest BCUT2D eigenvalue weighted by Crippen LogP contribution is -2.36. The number of aliphatic imine (C=N–C) groups is 2. The number of rotatable bonds is 2. The Morgan fingerprint density at radius 3 is 2.11 bits per heavy atom. The predicted molar refractivity (Wildman–Crippen MR) is 115 cm³/mol. The van der Waals surface area contributed by atoms with Gasteiger partial charge in [0, 0.05) is 25.0 Å². The first kappa shape index (κ1) is 18.3. The van der Waals surface area contributed by atoms with Crippen LogP contribution in [0.15, 0.2) is 78.6 Å². The molecule has 2 aromatic carbocycles. The van der Waals surface area contributed by atoms with Gasteiger partial charge in [-0.1, -0.05) is 58.4 Å². The molecule has 0 radical (unpaired) electrons. The van der Waals surface area contributed by atoms with Crippen molar-refractivity contribution >= 4 is 38.9 Å². The third-order valence-corrected chi connectivity index (χ3v) is 5.25. The van der Waals surface area contributed by atoms with Crippen molar-refractivity contribution in [3.8, 4) is 0 Å². The monoisotopic (exact) mass is 436 g/mol. The third-order valence-electron chi connectivity index (χ3n) is 4.72. The number of aromatic nitrogens is 2. The molecular formula is C21H17BrN4O2. The van der Waals surface area contributed by atoms with Crippen LogP contribution in [0.3, 0.4) is 0 Å². The highest BCUT2D eigenvalue weighted by Gasteiger charge is 2.22. The second-order valence-electron chi connectivity index (χ2n) is 6.54. The van der Waals surface area contributed by atoms with Crippen molar-refractivity contribution in [2.45, 2.75) is 6.42 Å². The summed E-state index contributed by atoms with van der Waals surface area (Å²) in [5.74, 6) is 0.275. The second-order valence-corrected chi connectivity index (χ2v) is 7.46. The minimum Gasteiger partial charge on any atom is -0.279 e. The standard InChI is InChI=1S/C21H17BrN4O2/c1-25-19-18(20(27)26(2)21(25)28)23-16(13-6-4-3-5-7-13)12-17(24-19)14-8-10-15(22)11-9-14/h3-11H,12H2,1-2H3. The van der Waals surface area contributed by atoms with Gasteiger partial charge < -0.3 is 0 Å². The maximum absolute atomic E-state index is 12.8. The Morgan fingerprint density at radius 2 is 1.43 bits per heavy atom. The van der Waals surface area contributed by atoms with Crippen molar-refractivity contribution in [1.29, 1.82) is 0 Å².